The van der Waals surface area contributed by atoms with Crippen molar-refractivity contribution >= 4 is 11.9 Å². The third kappa shape index (κ3) is 9.40. The lowest BCUT2D eigenvalue weighted by Gasteiger charge is -2.37. The van der Waals surface area contributed by atoms with Gasteiger partial charge in [-0.1, -0.05) is 54.6 Å². The van der Waals surface area contributed by atoms with Gasteiger partial charge in [0.15, 0.2) is 6.29 Å². The van der Waals surface area contributed by atoms with Gasteiger partial charge in [0.05, 0.1) is 18.8 Å². The molecule has 1 amide bonds. The first kappa shape index (κ1) is 28.5. The summed E-state index contributed by atoms with van der Waals surface area (Å²) in [6, 6.07) is 15.6. The quantitative estimate of drug-likeness (QED) is 0.259. The van der Waals surface area contributed by atoms with E-state index in [1.807, 2.05) is 61.7 Å². The molecule has 8 heteroatoms. The summed E-state index contributed by atoms with van der Waals surface area (Å²) in [6.07, 6.45) is 3.33. The number of likely N-dealkylation sites (N-methyl/N-ethyl adjacent to an activating group) is 1. The minimum Gasteiger partial charge on any atom is -0.481 e. The molecule has 3 N–H and O–H groups in total. The highest BCUT2D eigenvalue weighted by Crippen LogP contribution is 2.38. The first-order valence-corrected chi connectivity index (χ1v) is 12.7. The number of carboxylic acid groups (broad SMARTS) is 1. The number of benzene rings is 2. The van der Waals surface area contributed by atoms with Gasteiger partial charge in [0.25, 0.3) is 0 Å². The molecule has 0 radical (unpaired) electrons. The van der Waals surface area contributed by atoms with Crippen LogP contribution >= 0.6 is 0 Å². The van der Waals surface area contributed by atoms with Crippen molar-refractivity contribution in [2.75, 3.05) is 20.1 Å². The van der Waals surface area contributed by atoms with E-state index in [0.29, 0.717) is 32.2 Å². The molecule has 2 aromatic carbocycles. The molecule has 3 rings (SSSR count). The summed E-state index contributed by atoms with van der Waals surface area (Å²) in [6.45, 7) is 5.73. The summed E-state index contributed by atoms with van der Waals surface area (Å²) in [5.74, 6) is -0.928. The topological polar surface area (TPSA) is 108 Å². The van der Waals surface area contributed by atoms with E-state index in [1.54, 1.807) is 0 Å². The maximum atomic E-state index is 12.0. The van der Waals surface area contributed by atoms with E-state index in [2.05, 4.69) is 16.8 Å². The zero-order valence-corrected chi connectivity index (χ0v) is 21.5. The number of carbonyl (C=O) groups excluding carboxylic acids is 1. The molecule has 0 unspecified atom stereocenters. The van der Waals surface area contributed by atoms with Crippen LogP contribution in [0.15, 0.2) is 61.2 Å². The number of nitrogens with one attached hydrogen (secondary N) is 1. The van der Waals surface area contributed by atoms with E-state index in [-0.39, 0.29) is 31.1 Å². The molecule has 1 aliphatic heterocycles. The number of rotatable bonds is 14. The van der Waals surface area contributed by atoms with Crippen LogP contribution in [-0.2, 0) is 32.2 Å². The molecule has 1 heterocycles. The minimum atomic E-state index is -0.840. The summed E-state index contributed by atoms with van der Waals surface area (Å²) in [7, 11) is 2.04. The highest BCUT2D eigenvalue weighted by atomic mass is 16.7. The Balaban J connectivity index is 1.62. The third-order valence-electron chi connectivity index (χ3n) is 6.36. The van der Waals surface area contributed by atoms with Crippen LogP contribution in [0.4, 0.5) is 0 Å². The molecule has 1 saturated heterocycles. The van der Waals surface area contributed by atoms with E-state index in [4.69, 9.17) is 14.6 Å². The van der Waals surface area contributed by atoms with Crippen molar-refractivity contribution < 1.29 is 29.3 Å². The number of unbranched alkanes of at least 4 members (excludes halogenated alkanes) is 1. The Bertz CT molecular complexity index is 1010. The molecule has 0 aliphatic carbocycles. The first-order valence-electron chi connectivity index (χ1n) is 12.7. The van der Waals surface area contributed by atoms with Gasteiger partial charge >= 0.3 is 5.97 Å². The number of hydrogen-bond acceptors (Lipinski definition) is 6. The number of aliphatic hydroxyl groups excluding tert-OH is 1. The highest BCUT2D eigenvalue weighted by molar-refractivity contribution is 5.75. The summed E-state index contributed by atoms with van der Waals surface area (Å²) < 4.78 is 12.7. The molecule has 0 saturated carbocycles. The summed E-state index contributed by atoms with van der Waals surface area (Å²) in [5.41, 5.74) is 3.76. The Kier molecular flexibility index (Phi) is 11.3. The van der Waals surface area contributed by atoms with Gasteiger partial charge in [-0.05, 0) is 36.6 Å². The smallest absolute Gasteiger partial charge is 0.303 e. The molecule has 1 fully saturated rings. The van der Waals surface area contributed by atoms with Crippen molar-refractivity contribution in [2.24, 2.45) is 0 Å². The van der Waals surface area contributed by atoms with Gasteiger partial charge in [0.1, 0.15) is 0 Å². The number of hydrogen-bond donors (Lipinski definition) is 3. The van der Waals surface area contributed by atoms with Crippen LogP contribution < -0.4 is 5.32 Å². The van der Waals surface area contributed by atoms with Crippen LogP contribution in [0.3, 0.4) is 0 Å². The lowest BCUT2D eigenvalue weighted by Crippen LogP contribution is -2.37. The highest BCUT2D eigenvalue weighted by Gasteiger charge is 2.32. The Labute approximate surface area is 218 Å². The Hall–Kier alpha value is -3.04. The molecule has 3 atom stereocenters. The van der Waals surface area contributed by atoms with Crippen molar-refractivity contribution in [3.63, 3.8) is 0 Å². The van der Waals surface area contributed by atoms with Crippen LogP contribution in [0.25, 0.3) is 0 Å². The number of aliphatic carboxylic acids is 1. The number of carboxylic acids is 1. The van der Waals surface area contributed by atoms with E-state index in [9.17, 15) is 14.7 Å². The monoisotopic (exact) mass is 510 g/mol. The first-order chi connectivity index (χ1) is 17.9. The molecule has 2 aromatic rings. The van der Waals surface area contributed by atoms with Crippen LogP contribution in [0.2, 0.25) is 0 Å². The van der Waals surface area contributed by atoms with Crippen LogP contribution in [0.5, 0.6) is 0 Å². The molecule has 0 spiro atoms. The average Bonchev–Trinajstić information content (AvgIpc) is 2.90. The van der Waals surface area contributed by atoms with Crippen molar-refractivity contribution in [1.82, 2.24) is 10.2 Å². The van der Waals surface area contributed by atoms with Crippen LogP contribution in [-0.4, -0.2) is 53.2 Å². The predicted molar refractivity (Wildman–Crippen MR) is 141 cm³/mol. The number of aliphatic hydroxyl groups is 1. The van der Waals surface area contributed by atoms with Crippen LogP contribution in [0, 0.1) is 0 Å². The number of nitrogens with zero attached hydrogens (tertiary/aromatic N) is 1. The number of ether oxygens (including phenoxy) is 2. The van der Waals surface area contributed by atoms with Crippen molar-refractivity contribution in [3.05, 3.63) is 83.4 Å². The fourth-order valence-electron chi connectivity index (χ4n) is 4.32. The predicted octanol–water partition coefficient (Wildman–Crippen LogP) is 4.10. The van der Waals surface area contributed by atoms with Gasteiger partial charge in [-0.15, -0.1) is 6.58 Å². The largest absolute Gasteiger partial charge is 0.481 e. The molecule has 1 aliphatic rings. The van der Waals surface area contributed by atoms with Gasteiger partial charge in [-0.25, -0.2) is 0 Å². The SMILES string of the molecule is C=CCN(C)C[C@@H]1C[C@H](c2ccc(CO)cc2)O[C@H](c2ccc(CNC(=O)CCCCC(=O)O)cc2)O1. The van der Waals surface area contributed by atoms with Gasteiger partial charge < -0.3 is 29.9 Å². The minimum absolute atomic E-state index is 0.00401. The summed E-state index contributed by atoms with van der Waals surface area (Å²) >= 11 is 0. The normalized spacial score (nSPS) is 19.5. The van der Waals surface area contributed by atoms with Crippen LogP contribution in [0.1, 0.15) is 66.8 Å². The maximum absolute atomic E-state index is 12.0. The Morgan fingerprint density at radius 1 is 1.03 bits per heavy atom. The summed E-state index contributed by atoms with van der Waals surface area (Å²) in [4.78, 5) is 24.8. The van der Waals surface area contributed by atoms with Gasteiger partial charge in [0.2, 0.25) is 5.91 Å². The van der Waals surface area contributed by atoms with Crippen molar-refractivity contribution in [1.29, 1.82) is 0 Å². The van der Waals surface area contributed by atoms with Crippen molar-refractivity contribution in [2.45, 2.75) is 63.8 Å². The number of carbonyl (C=O) groups is 2. The molecule has 37 heavy (non-hydrogen) atoms. The molecule has 8 nitrogen and oxygen atoms in total. The second-order valence-corrected chi connectivity index (χ2v) is 9.48. The average molecular weight is 511 g/mol. The van der Waals surface area contributed by atoms with Gasteiger partial charge in [0, 0.05) is 44.5 Å². The van der Waals surface area contributed by atoms with E-state index in [0.717, 1.165) is 35.3 Å². The second-order valence-electron chi connectivity index (χ2n) is 9.48. The molecule has 0 bridgehead atoms. The number of amides is 1. The standard InChI is InChI=1S/C29H38N2O6/c1-3-16-31(2)19-25-17-26(23-12-10-22(20-32)11-13-23)37-29(36-25)24-14-8-21(9-15-24)18-30-27(33)6-4-5-7-28(34)35/h3,8-15,25-26,29,32H,1,4-7,16-20H2,2H3,(H,30,33)(H,34,35)/t25-,26+,29+/m0/s1. The fraction of sp³-hybridized carbons (Fsp3) is 0.448. The zero-order valence-electron chi connectivity index (χ0n) is 21.5. The zero-order chi connectivity index (χ0) is 26.6. The molecular weight excluding hydrogens is 472 g/mol. The lowest BCUT2D eigenvalue weighted by molar-refractivity contribution is -0.252. The molecule has 200 valence electrons. The van der Waals surface area contributed by atoms with E-state index in [1.165, 1.54) is 0 Å². The third-order valence-corrected chi connectivity index (χ3v) is 6.36. The molecular formula is C29H38N2O6. The van der Waals surface area contributed by atoms with Crippen molar-refractivity contribution in [3.8, 4) is 0 Å². The van der Waals surface area contributed by atoms with E-state index < -0.39 is 12.3 Å². The molecule has 0 aromatic heterocycles. The second kappa shape index (κ2) is 14.6. The lowest BCUT2D eigenvalue weighted by atomic mass is 9.99. The Morgan fingerprint density at radius 2 is 1.68 bits per heavy atom. The fourth-order valence-corrected chi connectivity index (χ4v) is 4.32. The van der Waals surface area contributed by atoms with Gasteiger partial charge in [-0.2, -0.15) is 0 Å². The maximum Gasteiger partial charge on any atom is 0.303 e. The van der Waals surface area contributed by atoms with E-state index >= 15 is 0 Å². The summed E-state index contributed by atoms with van der Waals surface area (Å²) in [5, 5.41) is 20.9. The Morgan fingerprint density at radius 3 is 2.32 bits per heavy atom. The van der Waals surface area contributed by atoms with Gasteiger partial charge in [-0.3, -0.25) is 9.59 Å².